The zero-order valence-corrected chi connectivity index (χ0v) is 20.9. The fourth-order valence-corrected chi connectivity index (χ4v) is 4.59. The van der Waals surface area contributed by atoms with Gasteiger partial charge in [-0.15, -0.1) is 11.3 Å². The lowest BCUT2D eigenvalue weighted by Crippen LogP contribution is -2.52. The van der Waals surface area contributed by atoms with Crippen molar-refractivity contribution in [3.63, 3.8) is 0 Å². The van der Waals surface area contributed by atoms with E-state index < -0.39 is 12.1 Å². The Balaban J connectivity index is 0.000000479. The number of nitrogens with one attached hydrogen (secondary N) is 1. The Bertz CT molecular complexity index is 1210. The Labute approximate surface area is 214 Å². The molecule has 200 valence electrons. The summed E-state index contributed by atoms with van der Waals surface area (Å²) in [6.45, 7) is 3.10. The highest BCUT2D eigenvalue weighted by molar-refractivity contribution is 7.17. The van der Waals surface area contributed by atoms with Crippen molar-refractivity contribution in [1.82, 2.24) is 25.1 Å². The average Bonchev–Trinajstić information content (AvgIpc) is 3.33. The van der Waals surface area contributed by atoms with Crippen molar-refractivity contribution in [2.45, 2.75) is 12.2 Å². The normalized spacial score (nSPS) is 14.8. The number of likely N-dealkylation sites (N-methyl/N-ethyl adjacent to an activating group) is 1. The predicted molar refractivity (Wildman–Crippen MR) is 131 cm³/mol. The number of carboxylic acid groups (broad SMARTS) is 1. The number of amides is 2. The molecule has 1 aliphatic heterocycles. The first kappa shape index (κ1) is 28.1. The fourth-order valence-electron chi connectivity index (χ4n) is 3.73. The Kier molecular flexibility index (Phi) is 9.21. The van der Waals surface area contributed by atoms with Crippen LogP contribution in [0.4, 0.5) is 28.2 Å². The molecule has 1 atom stereocenters. The van der Waals surface area contributed by atoms with Gasteiger partial charge >= 0.3 is 18.2 Å². The second-order valence-electron chi connectivity index (χ2n) is 8.33. The standard InChI is InChI=1S/C21H25FN6OS.C2HF3O2/c1-26(2)18(15-4-3-5-16(22)12-15)13-23-21(29)28-9-7-27(8-10-28)20-19-17(6-11-30-19)24-14-25-20;3-2(4,5)1(6)7/h3-6,11-12,14,18H,7-10,13H2,1-2H3,(H,23,29);(H,6,7). The Morgan fingerprint density at radius 1 is 1.16 bits per heavy atom. The maximum absolute atomic E-state index is 13.6. The average molecular weight is 543 g/mol. The van der Waals surface area contributed by atoms with E-state index in [2.05, 4.69) is 20.2 Å². The molecule has 2 N–H and O–H groups in total. The molecule has 0 aliphatic carbocycles. The number of hydrogen-bond donors (Lipinski definition) is 2. The molecule has 1 aliphatic rings. The van der Waals surface area contributed by atoms with E-state index in [1.54, 1.807) is 23.7 Å². The molecule has 1 unspecified atom stereocenters. The molecule has 1 fully saturated rings. The van der Waals surface area contributed by atoms with E-state index in [9.17, 15) is 22.4 Å². The first-order chi connectivity index (χ1) is 17.5. The number of benzene rings is 1. The van der Waals surface area contributed by atoms with Gasteiger partial charge in [0.2, 0.25) is 0 Å². The van der Waals surface area contributed by atoms with Gasteiger partial charge in [0, 0.05) is 32.7 Å². The monoisotopic (exact) mass is 542 g/mol. The summed E-state index contributed by atoms with van der Waals surface area (Å²) in [4.78, 5) is 36.4. The Morgan fingerprint density at radius 3 is 2.43 bits per heavy atom. The highest BCUT2D eigenvalue weighted by atomic mass is 32.1. The number of aromatic nitrogens is 2. The van der Waals surface area contributed by atoms with Crippen molar-refractivity contribution in [2.75, 3.05) is 51.7 Å². The summed E-state index contributed by atoms with van der Waals surface area (Å²) >= 11 is 1.64. The summed E-state index contributed by atoms with van der Waals surface area (Å²) < 4.78 is 46.4. The first-order valence-electron chi connectivity index (χ1n) is 11.1. The molecular formula is C23H26F4N6O3S. The highest BCUT2D eigenvalue weighted by Gasteiger charge is 2.38. The molecule has 0 spiro atoms. The lowest BCUT2D eigenvalue weighted by Gasteiger charge is -2.36. The number of carboxylic acids is 1. The number of carbonyl (C=O) groups is 2. The molecule has 1 saturated heterocycles. The van der Waals surface area contributed by atoms with Crippen molar-refractivity contribution in [3.05, 3.63) is 53.4 Å². The van der Waals surface area contributed by atoms with Gasteiger partial charge in [-0.2, -0.15) is 13.2 Å². The number of fused-ring (bicyclic) bond motifs is 1. The van der Waals surface area contributed by atoms with Gasteiger partial charge in [-0.05, 0) is 43.2 Å². The van der Waals surface area contributed by atoms with E-state index in [-0.39, 0.29) is 17.9 Å². The van der Waals surface area contributed by atoms with Crippen molar-refractivity contribution in [2.24, 2.45) is 0 Å². The van der Waals surface area contributed by atoms with Gasteiger partial charge in [-0.25, -0.2) is 23.9 Å². The number of carbonyl (C=O) groups excluding carboxylic acids is 1. The SMILES string of the molecule is CN(C)C(CNC(=O)N1CCN(c2ncnc3ccsc23)CC1)c1cccc(F)c1.O=C(O)C(F)(F)F. The largest absolute Gasteiger partial charge is 0.490 e. The number of hydrogen-bond acceptors (Lipinski definition) is 7. The van der Waals surface area contributed by atoms with E-state index in [1.807, 2.05) is 41.4 Å². The van der Waals surface area contributed by atoms with Crippen LogP contribution in [0.15, 0.2) is 42.0 Å². The van der Waals surface area contributed by atoms with E-state index in [4.69, 9.17) is 9.90 Å². The van der Waals surface area contributed by atoms with Crippen LogP contribution >= 0.6 is 11.3 Å². The number of nitrogens with zero attached hydrogens (tertiary/aromatic N) is 5. The molecule has 2 aromatic heterocycles. The van der Waals surface area contributed by atoms with Gasteiger partial charge in [0.05, 0.1) is 16.3 Å². The summed E-state index contributed by atoms with van der Waals surface area (Å²) in [6.07, 6.45) is -3.49. The maximum Gasteiger partial charge on any atom is 0.490 e. The van der Waals surface area contributed by atoms with E-state index in [1.165, 1.54) is 12.1 Å². The number of anilines is 1. The zero-order chi connectivity index (χ0) is 27.2. The molecule has 0 bridgehead atoms. The minimum atomic E-state index is -5.08. The molecular weight excluding hydrogens is 516 g/mol. The Morgan fingerprint density at radius 2 is 1.84 bits per heavy atom. The van der Waals surface area contributed by atoms with Crippen molar-refractivity contribution in [1.29, 1.82) is 0 Å². The number of urea groups is 1. The number of rotatable bonds is 5. The number of halogens is 4. The molecule has 14 heteroatoms. The van der Waals surface area contributed by atoms with Crippen LogP contribution in [-0.4, -0.2) is 89.9 Å². The van der Waals surface area contributed by atoms with Crippen LogP contribution < -0.4 is 10.2 Å². The van der Waals surface area contributed by atoms with Crippen LogP contribution in [0, 0.1) is 5.82 Å². The highest BCUT2D eigenvalue weighted by Crippen LogP contribution is 2.28. The summed E-state index contributed by atoms with van der Waals surface area (Å²) in [7, 11) is 3.85. The third kappa shape index (κ3) is 7.49. The third-order valence-electron chi connectivity index (χ3n) is 5.64. The fraction of sp³-hybridized carbons (Fsp3) is 0.391. The second kappa shape index (κ2) is 12.1. The summed E-state index contributed by atoms with van der Waals surface area (Å²) in [6, 6.07) is 8.32. The zero-order valence-electron chi connectivity index (χ0n) is 20.1. The van der Waals surface area contributed by atoms with Crippen LogP contribution in [0.5, 0.6) is 0 Å². The number of aliphatic carboxylic acids is 1. The van der Waals surface area contributed by atoms with E-state index in [0.29, 0.717) is 19.6 Å². The number of thiophene rings is 1. The van der Waals surface area contributed by atoms with Gasteiger partial charge in [0.25, 0.3) is 0 Å². The first-order valence-corrected chi connectivity index (χ1v) is 12.0. The molecule has 3 heterocycles. The molecule has 0 radical (unpaired) electrons. The van der Waals surface area contributed by atoms with Gasteiger partial charge in [0.1, 0.15) is 18.0 Å². The minimum Gasteiger partial charge on any atom is -0.475 e. The van der Waals surface area contributed by atoms with Crippen LogP contribution in [0.2, 0.25) is 0 Å². The topological polar surface area (TPSA) is 102 Å². The van der Waals surface area contributed by atoms with Crippen LogP contribution in [0.25, 0.3) is 10.2 Å². The Hall–Kier alpha value is -3.52. The second-order valence-corrected chi connectivity index (χ2v) is 9.25. The van der Waals surface area contributed by atoms with Crippen LogP contribution in [-0.2, 0) is 4.79 Å². The molecule has 3 aromatic rings. The predicted octanol–water partition coefficient (Wildman–Crippen LogP) is 3.60. The molecule has 1 aromatic carbocycles. The smallest absolute Gasteiger partial charge is 0.475 e. The van der Waals surface area contributed by atoms with Gasteiger partial charge in [-0.1, -0.05) is 12.1 Å². The quantitative estimate of drug-likeness (QED) is 0.475. The van der Waals surface area contributed by atoms with Crippen molar-refractivity contribution < 1.29 is 32.3 Å². The number of piperazine rings is 1. The van der Waals surface area contributed by atoms with E-state index >= 15 is 0 Å². The molecule has 4 rings (SSSR count). The molecule has 37 heavy (non-hydrogen) atoms. The maximum atomic E-state index is 13.6. The van der Waals surface area contributed by atoms with Crippen molar-refractivity contribution in [3.8, 4) is 0 Å². The summed E-state index contributed by atoms with van der Waals surface area (Å²) in [5, 5.41) is 12.2. The van der Waals surface area contributed by atoms with Crippen LogP contribution in [0.3, 0.4) is 0 Å². The molecule has 2 amide bonds. The minimum absolute atomic E-state index is 0.0955. The number of alkyl halides is 3. The van der Waals surface area contributed by atoms with Gasteiger partial charge in [0.15, 0.2) is 0 Å². The van der Waals surface area contributed by atoms with Crippen molar-refractivity contribution >= 4 is 39.4 Å². The summed E-state index contributed by atoms with van der Waals surface area (Å²) in [5.41, 5.74) is 1.80. The molecule has 0 saturated carbocycles. The third-order valence-corrected chi connectivity index (χ3v) is 6.54. The molecule has 9 nitrogen and oxygen atoms in total. The summed E-state index contributed by atoms with van der Waals surface area (Å²) in [5.74, 6) is -2.09. The van der Waals surface area contributed by atoms with Gasteiger partial charge < -0.3 is 25.1 Å². The lowest BCUT2D eigenvalue weighted by atomic mass is 10.1. The van der Waals surface area contributed by atoms with Crippen LogP contribution in [0.1, 0.15) is 11.6 Å². The van der Waals surface area contributed by atoms with E-state index in [0.717, 1.165) is 34.7 Å². The van der Waals surface area contributed by atoms with Gasteiger partial charge in [-0.3, -0.25) is 0 Å². The lowest BCUT2D eigenvalue weighted by molar-refractivity contribution is -0.192.